The van der Waals surface area contributed by atoms with E-state index in [0.717, 1.165) is 0 Å². The van der Waals surface area contributed by atoms with Gasteiger partial charge in [0.15, 0.2) is 5.76 Å². The molecule has 5 nitrogen and oxygen atoms in total. The number of hydrogen-bond acceptors (Lipinski definition) is 5. The Balaban J connectivity index is 2.50. The summed E-state index contributed by atoms with van der Waals surface area (Å²) in [6.07, 6.45) is 0. The predicted molar refractivity (Wildman–Crippen MR) is 62.9 cm³/mol. The Kier molecular flexibility index (Phi) is 3.00. The summed E-state index contributed by atoms with van der Waals surface area (Å²) in [6.45, 7) is 0. The minimum atomic E-state index is -1.78. The second-order valence-electron chi connectivity index (χ2n) is 3.84. The van der Waals surface area contributed by atoms with Crippen molar-refractivity contribution in [2.24, 2.45) is 0 Å². The van der Waals surface area contributed by atoms with E-state index < -0.39 is 11.4 Å². The van der Waals surface area contributed by atoms with Crippen LogP contribution < -0.4 is 4.74 Å². The maximum absolute atomic E-state index is 11.9. The van der Waals surface area contributed by atoms with Gasteiger partial charge in [-0.3, -0.25) is 4.79 Å². The van der Waals surface area contributed by atoms with Crippen LogP contribution in [0.25, 0.3) is 0 Å². The minimum absolute atomic E-state index is 0.0443. The summed E-state index contributed by atoms with van der Waals surface area (Å²) < 4.78 is 15.0. The highest BCUT2D eigenvalue weighted by Crippen LogP contribution is 2.44. The van der Waals surface area contributed by atoms with Gasteiger partial charge < -0.3 is 19.3 Å². The molecule has 0 spiro atoms. The van der Waals surface area contributed by atoms with E-state index >= 15 is 0 Å². The molecule has 0 aromatic heterocycles. The monoisotopic (exact) mass is 250 g/mol. The van der Waals surface area contributed by atoms with Gasteiger partial charge in [0.1, 0.15) is 5.75 Å². The minimum Gasteiger partial charge on any atom is -0.497 e. The van der Waals surface area contributed by atoms with Crippen LogP contribution in [0.4, 0.5) is 0 Å². The molecule has 1 atom stereocenters. The van der Waals surface area contributed by atoms with Gasteiger partial charge in [0.05, 0.1) is 21.3 Å². The Hall–Kier alpha value is -2.01. The van der Waals surface area contributed by atoms with Gasteiger partial charge in [-0.1, -0.05) is 12.1 Å². The number of rotatable bonds is 4. The van der Waals surface area contributed by atoms with Crippen LogP contribution in [-0.4, -0.2) is 32.2 Å². The van der Waals surface area contributed by atoms with Gasteiger partial charge in [-0.25, -0.2) is 0 Å². The van der Waals surface area contributed by atoms with Crippen molar-refractivity contribution in [2.45, 2.75) is 5.60 Å². The summed E-state index contributed by atoms with van der Waals surface area (Å²) in [5.74, 6) is 0.191. The Labute approximate surface area is 105 Å². The topological polar surface area (TPSA) is 65.0 Å². The summed E-state index contributed by atoms with van der Waals surface area (Å²) in [6, 6.07) is 6.64. The van der Waals surface area contributed by atoms with Crippen molar-refractivity contribution in [2.75, 3.05) is 21.3 Å². The lowest BCUT2D eigenvalue weighted by molar-refractivity contribution is -0.146. The van der Waals surface area contributed by atoms with Crippen LogP contribution in [-0.2, 0) is 19.9 Å². The smallest absolute Gasteiger partial charge is 0.245 e. The van der Waals surface area contributed by atoms with E-state index in [1.54, 1.807) is 24.3 Å². The van der Waals surface area contributed by atoms with Crippen LogP contribution in [0.15, 0.2) is 35.8 Å². The van der Waals surface area contributed by atoms with Crippen LogP contribution in [0.1, 0.15) is 5.56 Å². The molecule has 0 aliphatic heterocycles. The average molecular weight is 250 g/mol. The molecule has 0 saturated heterocycles. The molecule has 1 aliphatic carbocycles. The number of aliphatic hydroxyl groups is 1. The lowest BCUT2D eigenvalue weighted by Crippen LogP contribution is -2.49. The van der Waals surface area contributed by atoms with Gasteiger partial charge in [0, 0.05) is 5.56 Å². The Morgan fingerprint density at radius 3 is 2.39 bits per heavy atom. The quantitative estimate of drug-likeness (QED) is 0.862. The van der Waals surface area contributed by atoms with Crippen molar-refractivity contribution in [3.05, 3.63) is 41.3 Å². The molecule has 0 saturated carbocycles. The van der Waals surface area contributed by atoms with Crippen molar-refractivity contribution in [3.8, 4) is 5.75 Å². The molecule has 0 fully saturated rings. The molecule has 0 heterocycles. The first-order valence-electron chi connectivity index (χ1n) is 5.34. The van der Waals surface area contributed by atoms with Gasteiger partial charge in [0.2, 0.25) is 17.1 Å². The van der Waals surface area contributed by atoms with E-state index in [-0.39, 0.29) is 11.5 Å². The first-order chi connectivity index (χ1) is 8.59. The number of ketones is 1. The third-order valence-corrected chi connectivity index (χ3v) is 2.97. The van der Waals surface area contributed by atoms with Crippen LogP contribution in [0.5, 0.6) is 5.75 Å². The summed E-state index contributed by atoms with van der Waals surface area (Å²) in [5, 5.41) is 10.5. The fourth-order valence-corrected chi connectivity index (χ4v) is 2.01. The molecule has 18 heavy (non-hydrogen) atoms. The van der Waals surface area contributed by atoms with E-state index in [9.17, 15) is 9.90 Å². The number of methoxy groups -OCH3 is 3. The lowest BCUT2D eigenvalue weighted by atomic mass is 9.77. The second kappa shape index (κ2) is 4.34. The van der Waals surface area contributed by atoms with Crippen molar-refractivity contribution in [1.82, 2.24) is 0 Å². The van der Waals surface area contributed by atoms with Gasteiger partial charge in [-0.05, 0) is 12.1 Å². The van der Waals surface area contributed by atoms with Crippen molar-refractivity contribution < 1.29 is 24.1 Å². The Bertz CT molecular complexity index is 520. The number of Topliss-reactive ketones (excluding diaryl/α,β-unsaturated/α-hetero) is 1. The number of carbonyl (C=O) groups is 1. The van der Waals surface area contributed by atoms with Gasteiger partial charge in [0.25, 0.3) is 0 Å². The number of carbonyl (C=O) groups excluding carboxylic acids is 1. The van der Waals surface area contributed by atoms with Gasteiger partial charge >= 0.3 is 0 Å². The summed E-state index contributed by atoms with van der Waals surface area (Å²) in [4.78, 5) is 11.9. The SMILES string of the molecule is COC1=C(OC)C(O)(c2cccc(OC)c2)C1=O. The number of hydrogen-bond donors (Lipinski definition) is 1. The van der Waals surface area contributed by atoms with Gasteiger partial charge in [-0.15, -0.1) is 0 Å². The fraction of sp³-hybridized carbons (Fsp3) is 0.308. The molecule has 0 bridgehead atoms. The van der Waals surface area contributed by atoms with Crippen LogP contribution >= 0.6 is 0 Å². The third-order valence-electron chi connectivity index (χ3n) is 2.97. The highest BCUT2D eigenvalue weighted by atomic mass is 16.5. The van der Waals surface area contributed by atoms with Crippen molar-refractivity contribution in [1.29, 1.82) is 0 Å². The predicted octanol–water partition coefficient (Wildman–Crippen LogP) is 0.970. The Morgan fingerprint density at radius 1 is 1.11 bits per heavy atom. The molecule has 1 aromatic carbocycles. The molecule has 0 radical (unpaired) electrons. The zero-order valence-electron chi connectivity index (χ0n) is 10.4. The normalized spacial score (nSPS) is 22.6. The summed E-state index contributed by atoms with van der Waals surface area (Å²) >= 11 is 0. The average Bonchev–Trinajstić information content (AvgIpc) is 2.42. The molecular formula is C13H14O5. The van der Waals surface area contributed by atoms with E-state index in [4.69, 9.17) is 14.2 Å². The highest BCUT2D eigenvalue weighted by molar-refractivity contribution is 6.10. The zero-order chi connectivity index (χ0) is 13.3. The fourth-order valence-electron chi connectivity index (χ4n) is 2.01. The van der Waals surface area contributed by atoms with Crippen LogP contribution in [0.2, 0.25) is 0 Å². The molecular weight excluding hydrogens is 236 g/mol. The largest absolute Gasteiger partial charge is 0.497 e. The summed E-state index contributed by atoms with van der Waals surface area (Å²) in [5.41, 5.74) is -1.39. The van der Waals surface area contributed by atoms with Gasteiger partial charge in [-0.2, -0.15) is 0 Å². The first kappa shape index (κ1) is 12.4. The van der Waals surface area contributed by atoms with E-state index in [0.29, 0.717) is 11.3 Å². The molecule has 1 N–H and O–H groups in total. The first-order valence-corrected chi connectivity index (χ1v) is 5.34. The van der Waals surface area contributed by atoms with Crippen molar-refractivity contribution >= 4 is 5.78 Å². The number of ether oxygens (including phenoxy) is 3. The third kappa shape index (κ3) is 1.48. The summed E-state index contributed by atoms with van der Waals surface area (Å²) in [7, 11) is 4.25. The standard InChI is InChI=1S/C13H14O5/c1-16-9-6-4-5-8(7-9)13(15)11(14)10(17-2)12(13)18-3/h4-7,15H,1-3H3. The highest BCUT2D eigenvalue weighted by Gasteiger charge is 2.57. The lowest BCUT2D eigenvalue weighted by Gasteiger charge is -2.37. The van der Waals surface area contributed by atoms with Crippen molar-refractivity contribution in [3.63, 3.8) is 0 Å². The maximum Gasteiger partial charge on any atom is 0.245 e. The molecule has 2 rings (SSSR count). The van der Waals surface area contributed by atoms with Crippen LogP contribution in [0.3, 0.4) is 0 Å². The molecule has 1 aromatic rings. The molecule has 0 amide bonds. The molecule has 1 aliphatic rings. The van der Waals surface area contributed by atoms with E-state index in [1.807, 2.05) is 0 Å². The van der Waals surface area contributed by atoms with E-state index in [2.05, 4.69) is 0 Å². The molecule has 5 heteroatoms. The molecule has 1 unspecified atom stereocenters. The number of benzene rings is 1. The maximum atomic E-state index is 11.9. The van der Waals surface area contributed by atoms with E-state index in [1.165, 1.54) is 21.3 Å². The second-order valence-corrected chi connectivity index (χ2v) is 3.84. The molecule has 96 valence electrons. The Morgan fingerprint density at radius 2 is 1.83 bits per heavy atom. The van der Waals surface area contributed by atoms with Crippen LogP contribution in [0, 0.1) is 0 Å². The zero-order valence-corrected chi connectivity index (χ0v) is 10.4.